The number of sulfonamides is 1. The van der Waals surface area contributed by atoms with Gasteiger partial charge in [0.1, 0.15) is 11.6 Å². The molecule has 3 rings (SSSR count). The summed E-state index contributed by atoms with van der Waals surface area (Å²) >= 11 is 0. The van der Waals surface area contributed by atoms with Gasteiger partial charge < -0.3 is 0 Å². The maximum atomic E-state index is 14.5. The number of rotatable bonds is 9. The van der Waals surface area contributed by atoms with Crippen LogP contribution in [0, 0.1) is 40.0 Å². The lowest BCUT2D eigenvalue weighted by Gasteiger charge is -2.44. The number of allylic oxidation sites excluding steroid dienone is 2. The van der Waals surface area contributed by atoms with Crippen LogP contribution in [0.4, 0.5) is 17.6 Å². The summed E-state index contributed by atoms with van der Waals surface area (Å²) in [5.41, 5.74) is -0.734. The molecule has 0 aromatic heterocycles. The zero-order valence-corrected chi connectivity index (χ0v) is 23.0. The van der Waals surface area contributed by atoms with Crippen LogP contribution >= 0.6 is 0 Å². The normalized spacial score (nSPS) is 21.9. The molecule has 38 heavy (non-hydrogen) atoms. The van der Waals surface area contributed by atoms with Crippen LogP contribution < -0.4 is 0 Å². The van der Waals surface area contributed by atoms with E-state index >= 15 is 0 Å². The number of nitrogens with zero attached hydrogens (tertiary/aromatic N) is 3. The molecule has 2 aromatic carbocycles. The topological polar surface area (TPSA) is 62.1 Å². The first-order valence-corrected chi connectivity index (χ1v) is 13.7. The van der Waals surface area contributed by atoms with E-state index in [0.29, 0.717) is 24.5 Å². The zero-order chi connectivity index (χ0) is 28.5. The van der Waals surface area contributed by atoms with Crippen LogP contribution in [-0.4, -0.2) is 32.9 Å². The zero-order valence-electron chi connectivity index (χ0n) is 22.2. The molecular formula is C28H33F4N3O2S. The highest BCUT2D eigenvalue weighted by Crippen LogP contribution is 2.58. The quantitative estimate of drug-likeness (QED) is 0.186. The second kappa shape index (κ2) is 11.1. The predicted molar refractivity (Wildman–Crippen MR) is 140 cm³/mol. The van der Waals surface area contributed by atoms with Crippen LogP contribution in [0.5, 0.6) is 0 Å². The van der Waals surface area contributed by atoms with Crippen LogP contribution in [0.25, 0.3) is 5.70 Å². The molecule has 0 aliphatic heterocycles. The highest BCUT2D eigenvalue weighted by molar-refractivity contribution is 7.89. The Hall–Kier alpha value is -2.85. The van der Waals surface area contributed by atoms with Crippen LogP contribution in [0.1, 0.15) is 46.1 Å². The highest BCUT2D eigenvalue weighted by atomic mass is 32.2. The Balaban J connectivity index is 1.93. The van der Waals surface area contributed by atoms with Crippen molar-refractivity contribution in [1.29, 1.82) is 0 Å². The number of benzene rings is 2. The van der Waals surface area contributed by atoms with Gasteiger partial charge in [-0.1, -0.05) is 40.3 Å². The minimum absolute atomic E-state index is 0.00796. The summed E-state index contributed by atoms with van der Waals surface area (Å²) in [6, 6.07) is 6.10. The largest absolute Gasteiger partial charge is 0.243 e. The third-order valence-electron chi connectivity index (χ3n) is 8.01. The van der Waals surface area contributed by atoms with Gasteiger partial charge in [-0.15, -0.1) is 0 Å². The molecule has 0 amide bonds. The number of hydrogen-bond acceptors (Lipinski definition) is 4. The van der Waals surface area contributed by atoms with Gasteiger partial charge in [0.25, 0.3) is 0 Å². The van der Waals surface area contributed by atoms with Crippen molar-refractivity contribution in [2.24, 2.45) is 27.0 Å². The molecule has 2 aromatic rings. The van der Waals surface area contributed by atoms with E-state index in [1.165, 1.54) is 23.5 Å². The number of halogens is 4. The molecule has 206 valence electrons. The summed E-state index contributed by atoms with van der Waals surface area (Å²) in [5, 5.41) is 7.67. The maximum absolute atomic E-state index is 14.5. The van der Waals surface area contributed by atoms with Gasteiger partial charge in [0.2, 0.25) is 10.0 Å². The predicted octanol–water partition coefficient (Wildman–Crippen LogP) is 7.38. The molecule has 5 nitrogen and oxygen atoms in total. The molecular weight excluding hydrogens is 518 g/mol. The van der Waals surface area contributed by atoms with E-state index in [9.17, 15) is 26.0 Å². The third kappa shape index (κ3) is 5.47. The average Bonchev–Trinajstić information content (AvgIpc) is 3.07. The van der Waals surface area contributed by atoms with Gasteiger partial charge in [-0.3, -0.25) is 0 Å². The first kappa shape index (κ1) is 29.7. The van der Waals surface area contributed by atoms with Gasteiger partial charge >= 0.3 is 0 Å². The molecule has 0 saturated heterocycles. The van der Waals surface area contributed by atoms with E-state index in [2.05, 4.69) is 16.8 Å². The summed E-state index contributed by atoms with van der Waals surface area (Å²) in [5.74, 6) is -4.05. The molecule has 1 fully saturated rings. The van der Waals surface area contributed by atoms with Gasteiger partial charge in [-0.05, 0) is 71.6 Å². The van der Waals surface area contributed by atoms with Gasteiger partial charge in [0, 0.05) is 20.1 Å². The van der Waals surface area contributed by atoms with E-state index in [0.717, 1.165) is 24.3 Å². The lowest BCUT2D eigenvalue weighted by atomic mass is 9.64. The van der Waals surface area contributed by atoms with Crippen LogP contribution in [0.2, 0.25) is 0 Å². The van der Waals surface area contributed by atoms with Crippen LogP contribution in [0.15, 0.2) is 69.8 Å². The van der Waals surface area contributed by atoms with Crippen LogP contribution in [-0.2, 0) is 10.0 Å². The Morgan fingerprint density at radius 2 is 1.71 bits per heavy atom. The fourth-order valence-corrected chi connectivity index (χ4v) is 6.90. The van der Waals surface area contributed by atoms with Gasteiger partial charge in [0.15, 0.2) is 11.6 Å². The van der Waals surface area contributed by atoms with Crippen molar-refractivity contribution in [3.8, 4) is 0 Å². The Kier molecular flexibility index (Phi) is 8.67. The van der Waals surface area contributed by atoms with Gasteiger partial charge in [0.05, 0.1) is 16.2 Å². The Bertz CT molecular complexity index is 1370. The van der Waals surface area contributed by atoms with Gasteiger partial charge in [-0.2, -0.15) is 14.5 Å². The lowest BCUT2D eigenvalue weighted by molar-refractivity contribution is 0.0803. The average molecular weight is 552 g/mol. The molecule has 0 N–H and O–H groups in total. The van der Waals surface area contributed by atoms with E-state index in [-0.39, 0.29) is 35.2 Å². The van der Waals surface area contributed by atoms with E-state index in [1.807, 2.05) is 20.8 Å². The first-order chi connectivity index (χ1) is 17.7. The fraction of sp³-hybridized carbons (Fsp3) is 0.429. The van der Waals surface area contributed by atoms with Crippen molar-refractivity contribution in [3.63, 3.8) is 0 Å². The second-order valence-electron chi connectivity index (χ2n) is 10.4. The molecule has 0 bridgehead atoms. The molecule has 0 spiro atoms. The van der Waals surface area contributed by atoms with E-state index < -0.39 is 44.1 Å². The summed E-state index contributed by atoms with van der Waals surface area (Å²) in [4.78, 5) is -0.317. The molecule has 10 heteroatoms. The molecule has 1 aliphatic carbocycles. The summed E-state index contributed by atoms with van der Waals surface area (Å²) in [6.07, 6.45) is 2.82. The van der Waals surface area contributed by atoms with E-state index in [1.54, 1.807) is 6.92 Å². The number of hydrogen-bond donors (Lipinski definition) is 0. The van der Waals surface area contributed by atoms with E-state index in [4.69, 9.17) is 0 Å². The Labute approximate surface area is 222 Å². The summed E-state index contributed by atoms with van der Waals surface area (Å²) < 4.78 is 84.2. The molecule has 2 atom stereocenters. The molecule has 2 unspecified atom stereocenters. The van der Waals surface area contributed by atoms with Crippen molar-refractivity contribution in [2.45, 2.75) is 45.4 Å². The van der Waals surface area contributed by atoms with Crippen molar-refractivity contribution in [1.82, 2.24) is 4.31 Å². The first-order valence-electron chi connectivity index (χ1n) is 12.3. The molecule has 0 heterocycles. The Morgan fingerprint density at radius 3 is 2.26 bits per heavy atom. The third-order valence-corrected chi connectivity index (χ3v) is 9.93. The fourth-order valence-electron chi connectivity index (χ4n) is 5.32. The minimum atomic E-state index is -4.09. The highest BCUT2D eigenvalue weighted by Gasteiger charge is 2.53. The van der Waals surface area contributed by atoms with Crippen molar-refractivity contribution >= 4 is 15.7 Å². The smallest absolute Gasteiger partial charge is 0.207 e. The standard InChI is InChI=1S/C28H33F4N3O2S/c1-7-35(38(36,37)19-11-12-21(29)24(32)16-19)17-28(5)14-13-20(27(28,3)4)18(2)15-25(34-33-6)26-22(30)9-8-10-23(26)31/h8-12,15-16,20H,2,7,13-14,17H2,1,3-6H3/b25-15-,34-33-. The lowest BCUT2D eigenvalue weighted by Crippen LogP contribution is -2.46. The van der Waals surface area contributed by atoms with Crippen LogP contribution in [0.3, 0.4) is 0 Å². The number of azo groups is 1. The monoisotopic (exact) mass is 551 g/mol. The Morgan fingerprint density at radius 1 is 1.08 bits per heavy atom. The molecule has 1 aliphatic rings. The maximum Gasteiger partial charge on any atom is 0.243 e. The van der Waals surface area contributed by atoms with Gasteiger partial charge in [-0.25, -0.2) is 26.0 Å². The molecule has 1 saturated carbocycles. The van der Waals surface area contributed by atoms with Crippen molar-refractivity contribution in [3.05, 3.63) is 83.5 Å². The minimum Gasteiger partial charge on any atom is -0.207 e. The van der Waals surface area contributed by atoms with Crippen molar-refractivity contribution in [2.75, 3.05) is 20.1 Å². The molecule has 0 radical (unpaired) electrons. The summed E-state index contributed by atoms with van der Waals surface area (Å²) in [7, 11) is -2.69. The second-order valence-corrected chi connectivity index (χ2v) is 12.3. The van der Waals surface area contributed by atoms with Crippen molar-refractivity contribution < 1.29 is 26.0 Å². The SMILES string of the molecule is C=C(/C=C(\N=N/C)c1c(F)cccc1F)C1CCC(C)(CN(CC)S(=O)(=O)c2ccc(F)c(F)c2)C1(C)C. The summed E-state index contributed by atoms with van der Waals surface area (Å²) in [6.45, 7) is 12.1.